The summed E-state index contributed by atoms with van der Waals surface area (Å²) in [5, 5.41) is 13.5. The number of amides is 1. The van der Waals surface area contributed by atoms with Gasteiger partial charge in [-0.15, -0.1) is 0 Å². The molecule has 0 spiro atoms. The molecule has 8 nitrogen and oxygen atoms in total. The fraction of sp³-hybridized carbons (Fsp3) is 0.167. The second kappa shape index (κ2) is 9.93. The quantitative estimate of drug-likeness (QED) is 0.276. The number of benzene rings is 2. The Morgan fingerprint density at radius 3 is 2.60 bits per heavy atom. The lowest BCUT2D eigenvalue weighted by Crippen LogP contribution is -2.37. The van der Waals surface area contributed by atoms with E-state index in [2.05, 4.69) is 30.7 Å². The Hall–Kier alpha value is -3.63. The van der Waals surface area contributed by atoms with Crippen LogP contribution in [0.1, 0.15) is 22.5 Å². The molecule has 3 N–H and O–H groups in total. The normalized spacial score (nSPS) is 12.8. The second-order valence-corrected chi connectivity index (χ2v) is 9.43. The van der Waals surface area contributed by atoms with Gasteiger partial charge in [-0.3, -0.25) is 9.89 Å². The maximum absolute atomic E-state index is 14.1. The highest BCUT2D eigenvalue weighted by Gasteiger charge is 2.19. The van der Waals surface area contributed by atoms with Crippen molar-refractivity contribution in [1.82, 2.24) is 20.2 Å². The van der Waals surface area contributed by atoms with Gasteiger partial charge in [0.25, 0.3) is 5.91 Å². The zero-order chi connectivity index (χ0) is 24.4. The first kappa shape index (κ1) is 23.1. The maximum atomic E-state index is 14.1. The first-order chi connectivity index (χ1) is 16.9. The first-order valence-electron chi connectivity index (χ1n) is 10.9. The third kappa shape index (κ3) is 5.39. The zero-order valence-corrected chi connectivity index (χ0v) is 20.3. The SMILES string of the molecule is Cc1cc(Nc2cc(N3CCC3)nc(Sc3ccc(NC(=O)c4cccc(Cl)c4F)cc3)n2)n[nH]1. The van der Waals surface area contributed by atoms with Gasteiger partial charge in [-0.25, -0.2) is 14.4 Å². The lowest BCUT2D eigenvalue weighted by Gasteiger charge is -2.32. The Morgan fingerprint density at radius 1 is 1.11 bits per heavy atom. The van der Waals surface area contributed by atoms with Gasteiger partial charge in [0.15, 0.2) is 16.8 Å². The molecule has 1 aliphatic heterocycles. The predicted octanol–water partition coefficient (Wildman–Crippen LogP) is 5.66. The van der Waals surface area contributed by atoms with Crippen LogP contribution in [0.25, 0.3) is 0 Å². The summed E-state index contributed by atoms with van der Waals surface area (Å²) in [6.07, 6.45) is 1.14. The topological polar surface area (TPSA) is 98.8 Å². The molecule has 0 unspecified atom stereocenters. The van der Waals surface area contributed by atoms with Crippen molar-refractivity contribution in [3.8, 4) is 0 Å². The monoisotopic (exact) mass is 509 g/mol. The van der Waals surface area contributed by atoms with Crippen molar-refractivity contribution in [2.75, 3.05) is 28.6 Å². The van der Waals surface area contributed by atoms with Crippen LogP contribution < -0.4 is 15.5 Å². The van der Waals surface area contributed by atoms with Crippen LogP contribution in [-0.4, -0.2) is 39.2 Å². The average molecular weight is 510 g/mol. The number of nitrogens with zero attached hydrogens (tertiary/aromatic N) is 4. The van der Waals surface area contributed by atoms with Crippen molar-refractivity contribution in [1.29, 1.82) is 0 Å². The molecular weight excluding hydrogens is 489 g/mol. The molecule has 0 bridgehead atoms. The molecule has 0 aliphatic carbocycles. The van der Waals surface area contributed by atoms with Crippen molar-refractivity contribution in [2.24, 2.45) is 0 Å². The van der Waals surface area contributed by atoms with Crippen LogP contribution in [0, 0.1) is 12.7 Å². The van der Waals surface area contributed by atoms with Crippen LogP contribution >= 0.6 is 23.4 Å². The number of aromatic amines is 1. The van der Waals surface area contributed by atoms with Crippen LogP contribution in [-0.2, 0) is 0 Å². The summed E-state index contributed by atoms with van der Waals surface area (Å²) in [6, 6.07) is 15.3. The predicted molar refractivity (Wildman–Crippen MR) is 135 cm³/mol. The van der Waals surface area contributed by atoms with Crippen molar-refractivity contribution in [3.05, 3.63) is 76.7 Å². The van der Waals surface area contributed by atoms with Crippen molar-refractivity contribution < 1.29 is 9.18 Å². The van der Waals surface area contributed by atoms with Gasteiger partial charge in [0, 0.05) is 41.5 Å². The van der Waals surface area contributed by atoms with E-state index < -0.39 is 11.7 Å². The maximum Gasteiger partial charge on any atom is 0.258 e. The molecule has 0 atom stereocenters. The van der Waals surface area contributed by atoms with Gasteiger partial charge in [-0.1, -0.05) is 17.7 Å². The minimum atomic E-state index is -0.743. The van der Waals surface area contributed by atoms with Crippen molar-refractivity contribution in [2.45, 2.75) is 23.4 Å². The molecule has 3 heterocycles. The summed E-state index contributed by atoms with van der Waals surface area (Å²) in [7, 11) is 0. The summed E-state index contributed by atoms with van der Waals surface area (Å²) >= 11 is 7.18. The van der Waals surface area contributed by atoms with Gasteiger partial charge in [0.05, 0.1) is 10.6 Å². The van der Waals surface area contributed by atoms with E-state index in [1.165, 1.54) is 30.0 Å². The van der Waals surface area contributed by atoms with Crippen LogP contribution in [0.5, 0.6) is 0 Å². The highest BCUT2D eigenvalue weighted by molar-refractivity contribution is 7.99. The number of nitrogens with one attached hydrogen (secondary N) is 3. The smallest absolute Gasteiger partial charge is 0.258 e. The molecule has 2 aromatic carbocycles. The van der Waals surface area contributed by atoms with E-state index in [-0.39, 0.29) is 10.6 Å². The van der Waals surface area contributed by atoms with Crippen LogP contribution in [0.2, 0.25) is 5.02 Å². The number of hydrogen-bond donors (Lipinski definition) is 3. The molecule has 0 saturated carbocycles. The number of aromatic nitrogens is 4. The fourth-order valence-corrected chi connectivity index (χ4v) is 4.37. The summed E-state index contributed by atoms with van der Waals surface area (Å²) < 4.78 is 14.1. The van der Waals surface area contributed by atoms with Crippen molar-refractivity contribution in [3.63, 3.8) is 0 Å². The number of aryl methyl sites for hydroxylation is 1. The number of H-pyrrole nitrogens is 1. The zero-order valence-electron chi connectivity index (χ0n) is 18.7. The summed E-state index contributed by atoms with van der Waals surface area (Å²) in [5.41, 5.74) is 1.37. The van der Waals surface area contributed by atoms with E-state index in [4.69, 9.17) is 16.6 Å². The first-order valence-corrected chi connectivity index (χ1v) is 12.1. The highest BCUT2D eigenvalue weighted by atomic mass is 35.5. The van der Waals surface area contributed by atoms with E-state index in [0.29, 0.717) is 22.5 Å². The molecule has 5 rings (SSSR count). The van der Waals surface area contributed by atoms with E-state index in [1.807, 2.05) is 31.2 Å². The number of rotatable bonds is 7. The fourth-order valence-electron chi connectivity index (χ4n) is 3.43. The molecule has 35 heavy (non-hydrogen) atoms. The standard InChI is InChI=1S/C24H21ClFN7OS/c1-14-12-20(32-31-14)28-19-13-21(33-10-3-11-33)30-24(29-19)35-16-8-6-15(7-9-16)27-23(34)17-4-2-5-18(25)22(17)26/h2,4-9,12-13H,3,10-11H2,1H3,(H,27,34)(H2,28,29,30,31,32). The van der Waals surface area contributed by atoms with Gasteiger partial charge in [-0.05, 0) is 61.5 Å². The number of hydrogen-bond acceptors (Lipinski definition) is 7. The molecule has 1 aliphatic rings. The molecule has 4 aromatic rings. The lowest BCUT2D eigenvalue weighted by molar-refractivity contribution is 0.102. The van der Waals surface area contributed by atoms with E-state index >= 15 is 0 Å². The Morgan fingerprint density at radius 2 is 1.91 bits per heavy atom. The van der Waals surface area contributed by atoms with Gasteiger partial charge in [-0.2, -0.15) is 5.10 Å². The minimum Gasteiger partial charge on any atom is -0.356 e. The largest absolute Gasteiger partial charge is 0.356 e. The lowest BCUT2D eigenvalue weighted by atomic mass is 10.2. The number of anilines is 4. The highest BCUT2D eigenvalue weighted by Crippen LogP contribution is 2.31. The van der Waals surface area contributed by atoms with E-state index in [0.717, 1.165) is 35.9 Å². The van der Waals surface area contributed by atoms with Gasteiger partial charge in [0.1, 0.15) is 11.6 Å². The van der Waals surface area contributed by atoms with Gasteiger partial charge >= 0.3 is 0 Å². The molecule has 11 heteroatoms. The molecular formula is C24H21ClFN7OS. The van der Waals surface area contributed by atoms with E-state index in [9.17, 15) is 9.18 Å². The summed E-state index contributed by atoms with van der Waals surface area (Å²) in [4.78, 5) is 24.9. The third-order valence-electron chi connectivity index (χ3n) is 5.35. The average Bonchev–Trinajstić information content (AvgIpc) is 3.20. The molecule has 0 radical (unpaired) electrons. The molecule has 1 amide bonds. The summed E-state index contributed by atoms with van der Waals surface area (Å²) in [6.45, 7) is 3.86. The molecule has 178 valence electrons. The molecule has 1 fully saturated rings. The van der Waals surface area contributed by atoms with Crippen LogP contribution in [0.3, 0.4) is 0 Å². The summed E-state index contributed by atoms with van der Waals surface area (Å²) in [5.74, 6) is 0.884. The molecule has 2 aromatic heterocycles. The van der Waals surface area contributed by atoms with Crippen LogP contribution in [0.15, 0.2) is 64.6 Å². The van der Waals surface area contributed by atoms with E-state index in [1.54, 1.807) is 12.1 Å². The third-order valence-corrected chi connectivity index (χ3v) is 6.52. The minimum absolute atomic E-state index is 0.0962. The van der Waals surface area contributed by atoms with Gasteiger partial charge in [0.2, 0.25) is 0 Å². The van der Waals surface area contributed by atoms with Crippen molar-refractivity contribution >= 4 is 52.4 Å². The Balaban J connectivity index is 1.31. The number of carbonyl (C=O) groups is 1. The van der Waals surface area contributed by atoms with Gasteiger partial charge < -0.3 is 15.5 Å². The number of carbonyl (C=O) groups excluding carboxylic acids is 1. The Bertz CT molecular complexity index is 1370. The number of halogens is 2. The Kier molecular flexibility index (Phi) is 6.56. The molecule has 1 saturated heterocycles. The second-order valence-electron chi connectivity index (χ2n) is 7.98. The van der Waals surface area contributed by atoms with Crippen LogP contribution in [0.4, 0.5) is 27.5 Å². The Labute approximate surface area is 210 Å².